The lowest BCUT2D eigenvalue weighted by molar-refractivity contribution is -0.141. The van der Waals surface area contributed by atoms with Crippen LogP contribution in [0.1, 0.15) is 29.8 Å². The lowest BCUT2D eigenvalue weighted by atomic mass is 9.44. The Kier molecular flexibility index (Phi) is 3.87. The molecule has 5 rings (SSSR count). The van der Waals surface area contributed by atoms with Crippen LogP contribution < -0.4 is 15.4 Å². The molecule has 0 radical (unpaired) electrons. The van der Waals surface area contributed by atoms with Gasteiger partial charge in [-0.2, -0.15) is 0 Å². The number of oxazole rings is 1. The van der Waals surface area contributed by atoms with Gasteiger partial charge in [0.2, 0.25) is 5.76 Å². The van der Waals surface area contributed by atoms with Gasteiger partial charge in [0, 0.05) is 17.1 Å². The van der Waals surface area contributed by atoms with Crippen molar-refractivity contribution in [2.45, 2.75) is 30.3 Å². The first kappa shape index (κ1) is 16.8. The molecule has 1 aromatic carbocycles. The normalized spacial score (nSPS) is 25.6. The Morgan fingerprint density at radius 2 is 2.00 bits per heavy atom. The number of nitrogens with zero attached hydrogens (tertiary/aromatic N) is 1. The number of nitrogens with one attached hydrogen (secondary N) is 2. The number of rotatable bonds is 6. The maximum Gasteiger partial charge on any atom is 0.289 e. The summed E-state index contributed by atoms with van der Waals surface area (Å²) in [4.78, 5) is 27.7. The average Bonchev–Trinajstić information content (AvgIpc) is 3.07. The summed E-state index contributed by atoms with van der Waals surface area (Å²) in [5.41, 5.74) is -0.600. The van der Waals surface area contributed by atoms with Gasteiger partial charge in [0.15, 0.2) is 13.0 Å². The van der Waals surface area contributed by atoms with Gasteiger partial charge in [-0.3, -0.25) is 9.59 Å². The summed E-state index contributed by atoms with van der Waals surface area (Å²) in [5.74, 6) is -0.814. The first-order chi connectivity index (χ1) is 12.4. The van der Waals surface area contributed by atoms with Crippen molar-refractivity contribution in [2.75, 3.05) is 6.61 Å². The van der Waals surface area contributed by atoms with E-state index in [4.69, 9.17) is 20.8 Å². The molecule has 0 atom stereocenters. The van der Waals surface area contributed by atoms with E-state index in [2.05, 4.69) is 15.6 Å². The SMILES string of the molecule is O=C(COc1ccc(Cl)c(F)c1)NC12CC(NC(=O)c3cnco3)(C1)C2. The van der Waals surface area contributed by atoms with Crippen molar-refractivity contribution < 1.29 is 23.1 Å². The van der Waals surface area contributed by atoms with Crippen molar-refractivity contribution in [2.24, 2.45) is 0 Å². The van der Waals surface area contributed by atoms with Crippen LogP contribution in [0.3, 0.4) is 0 Å². The van der Waals surface area contributed by atoms with E-state index in [1.165, 1.54) is 24.7 Å². The molecule has 9 heteroatoms. The predicted molar refractivity (Wildman–Crippen MR) is 88.3 cm³/mol. The van der Waals surface area contributed by atoms with Gasteiger partial charge < -0.3 is 19.8 Å². The molecule has 2 bridgehead atoms. The fourth-order valence-electron chi connectivity index (χ4n) is 3.73. The Morgan fingerprint density at radius 3 is 2.65 bits per heavy atom. The summed E-state index contributed by atoms with van der Waals surface area (Å²) in [6.07, 6.45) is 4.52. The maximum atomic E-state index is 13.3. The Balaban J connectivity index is 1.23. The van der Waals surface area contributed by atoms with Gasteiger partial charge in [-0.1, -0.05) is 11.6 Å². The van der Waals surface area contributed by atoms with Crippen LogP contribution in [0.2, 0.25) is 5.02 Å². The summed E-state index contributed by atoms with van der Waals surface area (Å²) < 4.78 is 23.6. The molecule has 0 unspecified atom stereocenters. The van der Waals surface area contributed by atoms with E-state index in [1.54, 1.807) is 0 Å². The van der Waals surface area contributed by atoms with Crippen molar-refractivity contribution in [3.05, 3.63) is 47.4 Å². The van der Waals surface area contributed by atoms with E-state index in [0.717, 1.165) is 6.07 Å². The van der Waals surface area contributed by atoms with Crippen LogP contribution in [0.4, 0.5) is 4.39 Å². The molecule has 3 aliphatic rings. The van der Waals surface area contributed by atoms with Crippen LogP contribution in [-0.2, 0) is 4.79 Å². The van der Waals surface area contributed by atoms with Crippen LogP contribution in [0, 0.1) is 5.82 Å². The number of aromatic nitrogens is 1. The molecule has 136 valence electrons. The molecule has 0 spiro atoms. The van der Waals surface area contributed by atoms with E-state index >= 15 is 0 Å². The minimum atomic E-state index is -0.603. The number of hydrogen-bond acceptors (Lipinski definition) is 5. The second-order valence-electron chi connectivity index (χ2n) is 6.82. The molecule has 3 saturated carbocycles. The maximum absolute atomic E-state index is 13.3. The highest BCUT2D eigenvalue weighted by Crippen LogP contribution is 2.60. The largest absolute Gasteiger partial charge is 0.484 e. The summed E-state index contributed by atoms with van der Waals surface area (Å²) >= 11 is 5.59. The van der Waals surface area contributed by atoms with Crippen molar-refractivity contribution in [3.63, 3.8) is 0 Å². The molecule has 3 aliphatic carbocycles. The van der Waals surface area contributed by atoms with E-state index in [0.29, 0.717) is 19.3 Å². The predicted octanol–water partition coefficient (Wildman–Crippen LogP) is 2.07. The quantitative estimate of drug-likeness (QED) is 0.801. The number of halogens is 2. The first-order valence-corrected chi connectivity index (χ1v) is 8.36. The minimum absolute atomic E-state index is 0.00616. The van der Waals surface area contributed by atoms with E-state index < -0.39 is 5.82 Å². The Bertz CT molecular complexity index is 851. The molecule has 3 fully saturated rings. The third-order valence-corrected chi connectivity index (χ3v) is 5.04. The topological polar surface area (TPSA) is 93.5 Å². The summed E-state index contributed by atoms with van der Waals surface area (Å²) in [6.45, 7) is -0.222. The summed E-state index contributed by atoms with van der Waals surface area (Å²) in [6, 6.07) is 3.99. The van der Waals surface area contributed by atoms with Gasteiger partial charge in [-0.25, -0.2) is 9.37 Å². The Morgan fingerprint density at radius 1 is 1.27 bits per heavy atom. The third-order valence-electron chi connectivity index (χ3n) is 4.73. The van der Waals surface area contributed by atoms with Crippen LogP contribution >= 0.6 is 11.6 Å². The molecule has 0 aliphatic heterocycles. The van der Waals surface area contributed by atoms with Gasteiger partial charge >= 0.3 is 0 Å². The zero-order valence-electron chi connectivity index (χ0n) is 13.6. The molecule has 26 heavy (non-hydrogen) atoms. The van der Waals surface area contributed by atoms with Crippen molar-refractivity contribution in [3.8, 4) is 5.75 Å². The summed E-state index contributed by atoms with van der Waals surface area (Å²) in [5, 5.41) is 5.83. The zero-order chi connectivity index (χ0) is 18.4. The van der Waals surface area contributed by atoms with Crippen molar-refractivity contribution in [1.29, 1.82) is 0 Å². The molecule has 2 N–H and O–H groups in total. The fraction of sp³-hybridized carbons (Fsp3) is 0.353. The van der Waals surface area contributed by atoms with Crippen LogP contribution in [0.15, 0.2) is 35.2 Å². The highest BCUT2D eigenvalue weighted by atomic mass is 35.5. The molecule has 1 heterocycles. The van der Waals surface area contributed by atoms with Gasteiger partial charge in [0.25, 0.3) is 11.8 Å². The van der Waals surface area contributed by atoms with Gasteiger partial charge in [0.05, 0.1) is 11.2 Å². The summed E-state index contributed by atoms with van der Waals surface area (Å²) in [7, 11) is 0. The van der Waals surface area contributed by atoms with Crippen molar-refractivity contribution in [1.82, 2.24) is 15.6 Å². The van der Waals surface area contributed by atoms with Gasteiger partial charge in [0.1, 0.15) is 11.6 Å². The van der Waals surface area contributed by atoms with Gasteiger partial charge in [-0.05, 0) is 31.4 Å². The monoisotopic (exact) mass is 379 g/mol. The smallest absolute Gasteiger partial charge is 0.289 e. The molecule has 7 nitrogen and oxygen atoms in total. The minimum Gasteiger partial charge on any atom is -0.484 e. The van der Waals surface area contributed by atoms with Crippen LogP contribution in [0.25, 0.3) is 0 Å². The van der Waals surface area contributed by atoms with Crippen LogP contribution in [0.5, 0.6) is 5.75 Å². The fourth-order valence-corrected chi connectivity index (χ4v) is 3.85. The number of benzene rings is 1. The number of hydrogen-bond donors (Lipinski definition) is 2. The second-order valence-corrected chi connectivity index (χ2v) is 7.23. The Hall–Kier alpha value is -2.61. The van der Waals surface area contributed by atoms with E-state index in [9.17, 15) is 14.0 Å². The highest BCUT2D eigenvalue weighted by molar-refractivity contribution is 6.30. The van der Waals surface area contributed by atoms with Crippen LogP contribution in [-0.4, -0.2) is 34.5 Å². The van der Waals surface area contributed by atoms with Gasteiger partial charge in [-0.15, -0.1) is 0 Å². The molecule has 2 aromatic rings. The molecule has 1 aromatic heterocycles. The molecular weight excluding hydrogens is 365 g/mol. The third kappa shape index (κ3) is 3.01. The second kappa shape index (κ2) is 5.98. The standard InChI is InChI=1S/C17H15ClFN3O4/c18-11-2-1-10(3-12(11)19)25-5-14(23)21-16-6-17(7-16,8-16)22-15(24)13-4-20-9-26-13/h1-4,9H,5-8H2,(H,21,23)(H,22,24). The van der Waals surface area contributed by atoms with E-state index in [-0.39, 0.29) is 46.0 Å². The Labute approximate surface area is 152 Å². The highest BCUT2D eigenvalue weighted by Gasteiger charge is 2.69. The van der Waals surface area contributed by atoms with Crippen molar-refractivity contribution >= 4 is 23.4 Å². The molecule has 0 saturated heterocycles. The number of carbonyl (C=O) groups excluding carboxylic acids is 2. The molecule has 2 amide bonds. The van der Waals surface area contributed by atoms with E-state index in [1.807, 2.05) is 0 Å². The molecular formula is C17H15ClFN3O4. The number of amides is 2. The number of ether oxygens (including phenoxy) is 1. The number of carbonyl (C=O) groups is 2. The zero-order valence-corrected chi connectivity index (χ0v) is 14.3. The lowest BCUT2D eigenvalue weighted by Crippen LogP contribution is -2.84. The average molecular weight is 380 g/mol. The first-order valence-electron chi connectivity index (χ1n) is 7.99. The lowest BCUT2D eigenvalue weighted by Gasteiger charge is -2.70.